The summed E-state index contributed by atoms with van der Waals surface area (Å²) in [5.41, 5.74) is 10.1. The number of aromatic nitrogens is 4. The molecule has 0 aliphatic carbocycles. The summed E-state index contributed by atoms with van der Waals surface area (Å²) in [6.45, 7) is 4.70. The minimum Gasteiger partial charge on any atom is -0.494 e. The Morgan fingerprint density at radius 3 is 2.53 bits per heavy atom. The molecular formula is C27H34F2N8O. The lowest BCUT2D eigenvalue weighted by molar-refractivity contribution is 0.413. The summed E-state index contributed by atoms with van der Waals surface area (Å²) in [7, 11) is 7.60. The quantitative estimate of drug-likeness (QED) is 0.279. The Hall–Kier alpha value is -3.99. The lowest BCUT2D eigenvalue weighted by atomic mass is 10.1. The number of nitrogens with two attached hydrogens (primary N) is 1. The number of methoxy groups -OCH3 is 1. The zero-order valence-electron chi connectivity index (χ0n) is 22.6. The maximum atomic E-state index is 15.0. The minimum atomic E-state index is -0.779. The summed E-state index contributed by atoms with van der Waals surface area (Å²) in [6.07, 6.45) is 1.58. The summed E-state index contributed by atoms with van der Waals surface area (Å²) in [5.74, 6) is 0.517. The normalized spacial score (nSPS) is 11.5. The number of nitrogens with one attached hydrogen (secondary N) is 1. The Labute approximate surface area is 221 Å². The van der Waals surface area contributed by atoms with E-state index in [0.717, 1.165) is 18.8 Å². The molecule has 2 aromatic carbocycles. The topological polar surface area (TPSA) is 97.4 Å². The summed E-state index contributed by atoms with van der Waals surface area (Å²) in [6, 6.07) is 8.37. The zero-order chi connectivity index (χ0) is 27.6. The van der Waals surface area contributed by atoms with Crippen LogP contribution in [0.3, 0.4) is 0 Å². The first-order chi connectivity index (χ1) is 18.1. The third kappa shape index (κ3) is 5.47. The van der Waals surface area contributed by atoms with Gasteiger partial charge in [0.15, 0.2) is 5.82 Å². The molecule has 0 unspecified atom stereocenters. The second-order valence-corrected chi connectivity index (χ2v) is 9.68. The summed E-state index contributed by atoms with van der Waals surface area (Å²) in [5, 5.41) is 3.17. The number of benzene rings is 2. The first-order valence-electron chi connectivity index (χ1n) is 12.3. The number of anilines is 4. The molecule has 0 spiro atoms. The standard InChI is InChI=1S/C27H34F2N8O/c1-16(2)37-23-12-17(11-18(29)26(23)34-25(37)15-28)20-7-8-31-27(32-20)33-21-13-19(30)22(14-24(21)38-6)36(5)10-9-35(3)4/h7-8,11-14,16H,9-10,15,30H2,1-6H3,(H,31,32,33). The highest BCUT2D eigenvalue weighted by atomic mass is 19.1. The molecule has 0 saturated heterocycles. The molecule has 11 heteroatoms. The average Bonchev–Trinajstić information content (AvgIpc) is 3.27. The Morgan fingerprint density at radius 1 is 1.11 bits per heavy atom. The number of alkyl halides is 1. The highest BCUT2D eigenvalue weighted by molar-refractivity contribution is 5.83. The molecule has 0 fully saturated rings. The number of imidazole rings is 1. The molecule has 4 aromatic rings. The van der Waals surface area contributed by atoms with Crippen LogP contribution in [0.2, 0.25) is 0 Å². The number of hydrogen-bond donors (Lipinski definition) is 2. The highest BCUT2D eigenvalue weighted by Crippen LogP contribution is 2.36. The minimum absolute atomic E-state index is 0.0918. The van der Waals surface area contributed by atoms with Gasteiger partial charge in [-0.15, -0.1) is 0 Å². The third-order valence-corrected chi connectivity index (χ3v) is 6.30. The molecule has 0 aliphatic heterocycles. The van der Waals surface area contributed by atoms with Crippen molar-refractivity contribution in [3.05, 3.63) is 48.2 Å². The van der Waals surface area contributed by atoms with Crippen molar-refractivity contribution in [2.24, 2.45) is 0 Å². The van der Waals surface area contributed by atoms with Crippen molar-refractivity contribution in [1.29, 1.82) is 0 Å². The lowest BCUT2D eigenvalue weighted by Crippen LogP contribution is -2.29. The molecule has 0 aliphatic rings. The molecular weight excluding hydrogens is 490 g/mol. The van der Waals surface area contributed by atoms with Crippen LogP contribution < -0.4 is 20.7 Å². The van der Waals surface area contributed by atoms with Crippen molar-refractivity contribution >= 4 is 34.0 Å². The van der Waals surface area contributed by atoms with E-state index in [9.17, 15) is 4.39 Å². The number of nitrogens with zero attached hydrogens (tertiary/aromatic N) is 6. The van der Waals surface area contributed by atoms with E-state index in [2.05, 4.69) is 30.1 Å². The van der Waals surface area contributed by atoms with Crippen LogP contribution in [0.5, 0.6) is 5.75 Å². The van der Waals surface area contributed by atoms with Crippen molar-refractivity contribution < 1.29 is 13.5 Å². The van der Waals surface area contributed by atoms with Crippen LogP contribution in [0.4, 0.5) is 31.8 Å². The molecule has 0 saturated carbocycles. The predicted octanol–water partition coefficient (Wildman–Crippen LogP) is 5.02. The van der Waals surface area contributed by atoms with Gasteiger partial charge in [0.05, 0.1) is 35.4 Å². The third-order valence-electron chi connectivity index (χ3n) is 6.30. The Morgan fingerprint density at radius 2 is 1.87 bits per heavy atom. The second-order valence-electron chi connectivity index (χ2n) is 9.68. The number of nitrogen functional groups attached to an aromatic ring is 1. The fourth-order valence-corrected chi connectivity index (χ4v) is 4.37. The zero-order valence-corrected chi connectivity index (χ0v) is 22.6. The summed E-state index contributed by atoms with van der Waals surface area (Å²) >= 11 is 0. The molecule has 0 radical (unpaired) electrons. The van der Waals surface area contributed by atoms with E-state index in [1.807, 2.05) is 41.1 Å². The molecule has 202 valence electrons. The van der Waals surface area contributed by atoms with Gasteiger partial charge in [0.1, 0.15) is 23.8 Å². The van der Waals surface area contributed by atoms with Gasteiger partial charge >= 0.3 is 0 Å². The van der Waals surface area contributed by atoms with Gasteiger partial charge in [-0.1, -0.05) is 0 Å². The van der Waals surface area contributed by atoms with Gasteiger partial charge in [-0.25, -0.2) is 23.7 Å². The van der Waals surface area contributed by atoms with Crippen molar-refractivity contribution in [2.45, 2.75) is 26.6 Å². The smallest absolute Gasteiger partial charge is 0.227 e. The largest absolute Gasteiger partial charge is 0.494 e. The van der Waals surface area contributed by atoms with Crippen LogP contribution in [0, 0.1) is 5.82 Å². The van der Waals surface area contributed by atoms with Crippen LogP contribution in [0.25, 0.3) is 22.3 Å². The van der Waals surface area contributed by atoms with E-state index in [-0.39, 0.29) is 23.3 Å². The van der Waals surface area contributed by atoms with Crippen molar-refractivity contribution in [3.63, 3.8) is 0 Å². The molecule has 0 bridgehead atoms. The SMILES string of the molecule is COc1cc(N(C)CCN(C)C)c(N)cc1Nc1nccc(-c2cc(F)c3nc(CF)n(C(C)C)c3c2)n1. The molecule has 38 heavy (non-hydrogen) atoms. The number of rotatable bonds is 10. The Bertz CT molecular complexity index is 1440. The molecule has 4 rings (SSSR count). The number of likely N-dealkylation sites (N-methyl/N-ethyl adjacent to an activating group) is 2. The molecule has 3 N–H and O–H groups in total. The van der Waals surface area contributed by atoms with Crippen LogP contribution in [-0.4, -0.2) is 65.8 Å². The van der Waals surface area contributed by atoms with Crippen molar-refractivity contribution in [1.82, 2.24) is 24.4 Å². The van der Waals surface area contributed by atoms with E-state index >= 15 is 4.39 Å². The predicted molar refractivity (Wildman–Crippen MR) is 148 cm³/mol. The van der Waals surface area contributed by atoms with Gasteiger partial charge in [0.25, 0.3) is 0 Å². The van der Waals surface area contributed by atoms with Gasteiger partial charge < -0.3 is 30.2 Å². The second kappa shape index (κ2) is 11.2. The van der Waals surface area contributed by atoms with E-state index < -0.39 is 12.5 Å². The molecule has 0 amide bonds. The fourth-order valence-electron chi connectivity index (χ4n) is 4.37. The fraction of sp³-hybridized carbons (Fsp3) is 0.370. The number of hydrogen-bond acceptors (Lipinski definition) is 8. The van der Waals surface area contributed by atoms with E-state index in [1.54, 1.807) is 36.1 Å². The summed E-state index contributed by atoms with van der Waals surface area (Å²) < 4.78 is 35.9. The Kier molecular flexibility index (Phi) is 7.96. The van der Waals surface area contributed by atoms with Crippen LogP contribution in [0.1, 0.15) is 25.7 Å². The molecule has 9 nitrogen and oxygen atoms in total. The van der Waals surface area contributed by atoms with E-state index in [1.165, 1.54) is 6.07 Å². The lowest BCUT2D eigenvalue weighted by Gasteiger charge is -2.24. The van der Waals surface area contributed by atoms with E-state index in [0.29, 0.717) is 33.9 Å². The van der Waals surface area contributed by atoms with Crippen LogP contribution >= 0.6 is 0 Å². The van der Waals surface area contributed by atoms with E-state index in [4.69, 9.17) is 10.5 Å². The van der Waals surface area contributed by atoms with Crippen LogP contribution in [0.15, 0.2) is 36.5 Å². The first-order valence-corrected chi connectivity index (χ1v) is 12.3. The van der Waals surface area contributed by atoms with Gasteiger partial charge in [0, 0.05) is 44.0 Å². The van der Waals surface area contributed by atoms with Crippen LogP contribution in [-0.2, 0) is 6.67 Å². The first kappa shape index (κ1) is 27.1. The molecule has 2 aromatic heterocycles. The summed E-state index contributed by atoms with van der Waals surface area (Å²) in [4.78, 5) is 17.3. The van der Waals surface area contributed by atoms with Gasteiger partial charge in [0.2, 0.25) is 5.95 Å². The molecule has 2 heterocycles. The van der Waals surface area contributed by atoms with Gasteiger partial charge in [-0.05, 0) is 52.2 Å². The Balaban J connectivity index is 1.67. The number of halogens is 2. The highest BCUT2D eigenvalue weighted by Gasteiger charge is 2.19. The maximum Gasteiger partial charge on any atom is 0.227 e. The van der Waals surface area contributed by atoms with Gasteiger partial charge in [-0.3, -0.25) is 0 Å². The van der Waals surface area contributed by atoms with Gasteiger partial charge in [-0.2, -0.15) is 0 Å². The van der Waals surface area contributed by atoms with Crippen molar-refractivity contribution in [3.8, 4) is 17.0 Å². The monoisotopic (exact) mass is 524 g/mol. The number of fused-ring (bicyclic) bond motifs is 1. The average molecular weight is 525 g/mol. The number of ether oxygens (including phenoxy) is 1. The maximum absolute atomic E-state index is 15.0. The van der Waals surface area contributed by atoms with Crippen molar-refractivity contribution in [2.75, 3.05) is 57.3 Å². The molecule has 0 atom stereocenters.